The molecule has 38 heavy (non-hydrogen) atoms. The summed E-state index contributed by atoms with van der Waals surface area (Å²) in [4.78, 5) is 0. The number of rotatable bonds is 4. The molecule has 0 amide bonds. The molecule has 186 valence electrons. The normalized spacial score (nSPS) is 12.8. The highest BCUT2D eigenvalue weighted by Crippen LogP contribution is 2.43. The van der Waals surface area contributed by atoms with Gasteiger partial charge in [-0.1, -0.05) is 68.4 Å². The minimum Gasteiger partial charge on any atom is -0.454 e. The predicted molar refractivity (Wildman–Crippen MR) is 151 cm³/mol. The number of fused-ring (bicyclic) bond motifs is 4. The van der Waals surface area contributed by atoms with Gasteiger partial charge in [0.15, 0.2) is 5.82 Å². The summed E-state index contributed by atoms with van der Waals surface area (Å²) in [6.07, 6.45) is -0.521. The average Bonchev–Trinajstić information content (AvgIpc) is 3.31. The topological polar surface area (TPSA) is 40.8 Å². The van der Waals surface area contributed by atoms with Crippen LogP contribution in [0.25, 0.3) is 55.1 Å². The fourth-order valence-corrected chi connectivity index (χ4v) is 5.41. The number of hydrogen-bond donors (Lipinski definition) is 0. The van der Waals surface area contributed by atoms with E-state index >= 15 is 4.39 Å². The Labute approximate surface area is 224 Å². The third kappa shape index (κ3) is 3.74. The molecule has 0 spiro atoms. The second-order valence-electron chi connectivity index (χ2n) is 10.1. The molecule has 0 aliphatic rings. The Hall–Kier alpha value is -4.49. The summed E-state index contributed by atoms with van der Waals surface area (Å²) < 4.78 is 40.7. The first-order chi connectivity index (χ1) is 19.1. The lowest BCUT2D eigenvalue weighted by atomic mass is 9.93. The number of furan rings is 1. The number of halogens is 1. The molecular weight excluding hydrogens is 471 g/mol. The Morgan fingerprint density at radius 2 is 1.66 bits per heavy atom. The highest BCUT2D eigenvalue weighted by molar-refractivity contribution is 6.15. The first-order valence-electron chi connectivity index (χ1n) is 13.7. The Morgan fingerprint density at radius 1 is 0.947 bits per heavy atom. The van der Waals surface area contributed by atoms with E-state index in [1.54, 1.807) is 31.5 Å². The molecule has 4 heteroatoms. The summed E-state index contributed by atoms with van der Waals surface area (Å²) in [5, 5.41) is 14.0. The molecule has 2 heterocycles. The van der Waals surface area contributed by atoms with Crippen LogP contribution in [0, 0.1) is 30.0 Å². The van der Waals surface area contributed by atoms with Gasteiger partial charge in [0.2, 0.25) is 11.9 Å². The van der Waals surface area contributed by atoms with Crippen molar-refractivity contribution in [3.63, 3.8) is 0 Å². The van der Waals surface area contributed by atoms with E-state index in [-0.39, 0.29) is 5.56 Å². The minimum atomic E-state index is -1.86. The van der Waals surface area contributed by atoms with Gasteiger partial charge < -0.3 is 4.42 Å². The third-order valence-corrected chi connectivity index (χ3v) is 7.12. The summed E-state index contributed by atoms with van der Waals surface area (Å²) in [7, 11) is 1.75. The van der Waals surface area contributed by atoms with Gasteiger partial charge in [0.25, 0.3) is 0 Å². The maximum absolute atomic E-state index is 15.1. The average molecular weight is 502 g/mol. The number of hydrogen-bond acceptors (Lipinski definition) is 2. The Morgan fingerprint density at radius 3 is 2.42 bits per heavy atom. The molecule has 0 aliphatic carbocycles. The number of aromatic nitrogens is 1. The minimum absolute atomic E-state index is 0.0197. The largest absolute Gasteiger partial charge is 0.454 e. The van der Waals surface area contributed by atoms with Crippen LogP contribution in [0.1, 0.15) is 33.3 Å². The van der Waals surface area contributed by atoms with Crippen molar-refractivity contribution in [3.05, 3.63) is 102 Å². The fourth-order valence-electron chi connectivity index (χ4n) is 5.41. The molecule has 6 aromatic rings. The summed E-state index contributed by atoms with van der Waals surface area (Å²) in [6, 6.07) is 25.8. The van der Waals surface area contributed by atoms with Gasteiger partial charge in [0.05, 0.1) is 17.2 Å². The molecule has 0 atom stereocenters. The quantitative estimate of drug-likeness (QED) is 0.228. The molecule has 0 aliphatic heterocycles. The lowest BCUT2D eigenvalue weighted by Gasteiger charge is -2.10. The molecule has 0 N–H and O–H groups in total. The Balaban J connectivity index is 1.71. The molecule has 0 unspecified atom stereocenters. The SMILES string of the molecule is [2H]C([2H])(c1cc(-c2c(C)ccc3c2oc2c(-c4cccc5ccccc45)c(C#N)ccc23)[n+](C)cc1F)C(C)C. The number of pyridine rings is 1. The second kappa shape index (κ2) is 9.11. The summed E-state index contributed by atoms with van der Waals surface area (Å²) in [6.45, 7) is 5.46. The lowest BCUT2D eigenvalue weighted by molar-refractivity contribution is -0.662. The van der Waals surface area contributed by atoms with Crippen molar-refractivity contribution in [2.45, 2.75) is 27.1 Å². The smallest absolute Gasteiger partial charge is 0.216 e. The van der Waals surface area contributed by atoms with Crippen molar-refractivity contribution in [3.8, 4) is 28.5 Å². The molecule has 2 aromatic heterocycles. The van der Waals surface area contributed by atoms with E-state index < -0.39 is 18.1 Å². The fraction of sp³-hybridized carbons (Fsp3) is 0.176. The van der Waals surface area contributed by atoms with Crippen molar-refractivity contribution in [2.75, 3.05) is 0 Å². The van der Waals surface area contributed by atoms with Crippen LogP contribution in [0.5, 0.6) is 0 Å². The van der Waals surface area contributed by atoms with Crippen LogP contribution < -0.4 is 4.57 Å². The number of nitrogens with zero attached hydrogens (tertiary/aromatic N) is 2. The Kier molecular flexibility index (Phi) is 5.18. The van der Waals surface area contributed by atoms with Crippen molar-refractivity contribution in [2.24, 2.45) is 13.0 Å². The van der Waals surface area contributed by atoms with Crippen LogP contribution >= 0.6 is 0 Å². The van der Waals surface area contributed by atoms with Crippen molar-refractivity contribution >= 4 is 32.7 Å². The molecule has 0 radical (unpaired) electrons. The van der Waals surface area contributed by atoms with Crippen molar-refractivity contribution in [1.29, 1.82) is 5.26 Å². The van der Waals surface area contributed by atoms with Gasteiger partial charge in [-0.25, -0.2) is 4.39 Å². The molecule has 3 nitrogen and oxygen atoms in total. The van der Waals surface area contributed by atoms with E-state index in [1.807, 2.05) is 73.7 Å². The van der Waals surface area contributed by atoms with E-state index in [9.17, 15) is 5.26 Å². The standard InChI is InChI=1S/C34H28FN2O/c1-20(2)16-24-17-30(37(4)19-29(24)35)31-21(3)12-14-27-28-15-13-23(18-36)32(34(28)38-33(27)31)26-11-7-9-22-8-5-6-10-25(22)26/h5-15,17,19-20H,16H2,1-4H3/q+1/i16D2. The highest BCUT2D eigenvalue weighted by atomic mass is 19.1. The zero-order valence-electron chi connectivity index (χ0n) is 23.8. The van der Waals surface area contributed by atoms with Crippen molar-refractivity contribution < 1.29 is 16.1 Å². The van der Waals surface area contributed by atoms with E-state index in [2.05, 4.69) is 6.07 Å². The van der Waals surface area contributed by atoms with Crippen LogP contribution in [-0.2, 0) is 13.4 Å². The van der Waals surface area contributed by atoms with Gasteiger partial charge >= 0.3 is 0 Å². The highest BCUT2D eigenvalue weighted by Gasteiger charge is 2.25. The van der Waals surface area contributed by atoms with Crippen LogP contribution in [0.15, 0.2) is 83.4 Å². The zero-order chi connectivity index (χ0) is 28.3. The zero-order valence-corrected chi connectivity index (χ0v) is 21.8. The van der Waals surface area contributed by atoms with Crippen molar-refractivity contribution in [1.82, 2.24) is 0 Å². The maximum Gasteiger partial charge on any atom is 0.216 e. The van der Waals surface area contributed by atoms with E-state index in [1.165, 1.54) is 6.20 Å². The third-order valence-electron chi connectivity index (χ3n) is 7.12. The van der Waals surface area contributed by atoms with Gasteiger partial charge in [-0.05, 0) is 53.2 Å². The Bertz CT molecular complexity index is 2010. The molecule has 0 saturated heterocycles. The number of nitriles is 1. The van der Waals surface area contributed by atoms with E-state index in [0.29, 0.717) is 22.4 Å². The molecule has 4 aromatic carbocycles. The van der Waals surface area contributed by atoms with Crippen LogP contribution in [-0.4, -0.2) is 0 Å². The van der Waals surface area contributed by atoms with Gasteiger partial charge in [-0.2, -0.15) is 9.83 Å². The van der Waals surface area contributed by atoms with E-state index in [4.69, 9.17) is 7.16 Å². The number of benzene rings is 4. The monoisotopic (exact) mass is 501 g/mol. The second-order valence-corrected chi connectivity index (χ2v) is 10.1. The molecule has 0 saturated carbocycles. The van der Waals surface area contributed by atoms with Gasteiger partial charge in [0, 0.05) is 30.7 Å². The maximum atomic E-state index is 15.1. The van der Waals surface area contributed by atoms with Gasteiger partial charge in [-0.3, -0.25) is 0 Å². The summed E-state index contributed by atoms with van der Waals surface area (Å²) >= 11 is 0. The van der Waals surface area contributed by atoms with E-state index in [0.717, 1.165) is 43.8 Å². The molecule has 6 rings (SSSR count). The first kappa shape index (κ1) is 21.6. The molecule has 0 bridgehead atoms. The number of aryl methyl sites for hydroxylation is 2. The van der Waals surface area contributed by atoms with Crippen LogP contribution in [0.3, 0.4) is 0 Å². The lowest BCUT2D eigenvalue weighted by Crippen LogP contribution is -2.32. The molecular formula is C34H28FN2O+. The predicted octanol–water partition coefficient (Wildman–Crippen LogP) is 8.42. The summed E-state index contributed by atoms with van der Waals surface area (Å²) in [5.41, 5.74) is 5.73. The van der Waals surface area contributed by atoms with Gasteiger partial charge in [0.1, 0.15) is 18.2 Å². The first-order valence-corrected chi connectivity index (χ1v) is 12.7. The van der Waals surface area contributed by atoms with Gasteiger partial charge in [-0.15, -0.1) is 0 Å². The molecule has 0 fully saturated rings. The van der Waals surface area contributed by atoms with Crippen LogP contribution in [0.4, 0.5) is 4.39 Å². The summed E-state index contributed by atoms with van der Waals surface area (Å²) in [5.74, 6) is -1.01. The van der Waals surface area contributed by atoms with Crippen LogP contribution in [0.2, 0.25) is 0 Å².